The number of aryl methyl sites for hydroxylation is 2. The summed E-state index contributed by atoms with van der Waals surface area (Å²) >= 11 is 0. The van der Waals surface area contributed by atoms with Crippen LogP contribution in [-0.2, 0) is 0 Å². The summed E-state index contributed by atoms with van der Waals surface area (Å²) in [7, 11) is 0. The van der Waals surface area contributed by atoms with Crippen LogP contribution in [0.3, 0.4) is 0 Å². The minimum Gasteiger partial charge on any atom is -0.305 e. The van der Waals surface area contributed by atoms with E-state index in [-0.39, 0.29) is 22.5 Å². The van der Waals surface area contributed by atoms with Crippen molar-refractivity contribution in [3.63, 3.8) is 0 Å². The van der Waals surface area contributed by atoms with E-state index < -0.39 is 11.6 Å². The normalized spacial score (nSPS) is 11.6. The molecule has 3 nitrogen and oxygen atoms in total. The van der Waals surface area contributed by atoms with Gasteiger partial charge in [-0.05, 0) is 43.7 Å². The van der Waals surface area contributed by atoms with Crippen molar-refractivity contribution in [3.8, 4) is 28.6 Å². The SMILES string of the molecule is Cc1cc(C)cc(-c2c(F)c(-n3c4ccccc4c4ccccc43)c(C#N)c(-n3c4ccccc4c4ccccc43)c2F)c1. The monoisotopic (exact) mass is 573 g/mol. The summed E-state index contributed by atoms with van der Waals surface area (Å²) in [5.74, 6) is -1.56. The Hall–Kier alpha value is -5.73. The summed E-state index contributed by atoms with van der Waals surface area (Å²) in [6.07, 6.45) is 0. The molecule has 2 heterocycles. The number of benzene rings is 6. The Morgan fingerprint density at radius 2 is 0.864 bits per heavy atom. The van der Waals surface area contributed by atoms with Crippen LogP contribution in [0.25, 0.3) is 66.1 Å². The van der Waals surface area contributed by atoms with E-state index in [4.69, 9.17) is 0 Å². The van der Waals surface area contributed by atoms with Crippen molar-refractivity contribution in [2.45, 2.75) is 13.8 Å². The molecule has 210 valence electrons. The molecule has 5 heteroatoms. The molecule has 0 aliphatic heterocycles. The molecule has 0 aliphatic rings. The van der Waals surface area contributed by atoms with Gasteiger partial charge in [0.05, 0.1) is 27.6 Å². The number of fused-ring (bicyclic) bond motifs is 6. The summed E-state index contributed by atoms with van der Waals surface area (Å²) in [5, 5.41) is 14.5. The molecule has 0 atom stereocenters. The van der Waals surface area contributed by atoms with Crippen molar-refractivity contribution in [3.05, 3.63) is 144 Å². The number of para-hydroxylation sites is 4. The van der Waals surface area contributed by atoms with E-state index >= 15 is 8.78 Å². The van der Waals surface area contributed by atoms with Gasteiger partial charge in [0, 0.05) is 21.5 Å². The molecule has 44 heavy (non-hydrogen) atoms. The van der Waals surface area contributed by atoms with E-state index in [9.17, 15) is 5.26 Å². The smallest absolute Gasteiger partial charge is 0.159 e. The zero-order chi connectivity index (χ0) is 30.1. The molecular weight excluding hydrogens is 548 g/mol. The van der Waals surface area contributed by atoms with E-state index in [1.807, 2.05) is 117 Å². The van der Waals surface area contributed by atoms with Gasteiger partial charge >= 0.3 is 0 Å². The molecule has 0 fully saturated rings. The zero-order valence-corrected chi connectivity index (χ0v) is 24.1. The van der Waals surface area contributed by atoms with Crippen LogP contribution in [0, 0.1) is 36.8 Å². The van der Waals surface area contributed by atoms with Gasteiger partial charge in [-0.1, -0.05) is 102 Å². The van der Waals surface area contributed by atoms with Crippen LogP contribution in [0.4, 0.5) is 8.78 Å². The molecular formula is C39H25F2N3. The van der Waals surface area contributed by atoms with Crippen LogP contribution < -0.4 is 0 Å². The Kier molecular flexibility index (Phi) is 5.69. The largest absolute Gasteiger partial charge is 0.305 e. The number of aromatic nitrogens is 2. The second kappa shape index (κ2) is 9.65. The second-order valence-corrected chi connectivity index (χ2v) is 11.3. The predicted octanol–water partition coefficient (Wildman–Crippen LogP) is 10.3. The lowest BCUT2D eigenvalue weighted by Crippen LogP contribution is -2.12. The highest BCUT2D eigenvalue weighted by Gasteiger charge is 2.31. The molecule has 8 rings (SSSR count). The summed E-state index contributed by atoms with van der Waals surface area (Å²) in [6.45, 7) is 3.83. The van der Waals surface area contributed by atoms with Crippen LogP contribution >= 0.6 is 0 Å². The van der Waals surface area contributed by atoms with Crippen molar-refractivity contribution in [2.75, 3.05) is 0 Å². The molecule has 0 saturated heterocycles. The first-order chi connectivity index (χ1) is 21.5. The molecule has 8 aromatic rings. The van der Waals surface area contributed by atoms with Gasteiger partial charge in [-0.3, -0.25) is 0 Å². The fourth-order valence-electron chi connectivity index (χ4n) is 6.89. The molecule has 0 saturated carbocycles. The van der Waals surface area contributed by atoms with Gasteiger partial charge in [-0.25, -0.2) is 8.78 Å². The highest BCUT2D eigenvalue weighted by atomic mass is 19.1. The number of hydrogen-bond donors (Lipinski definition) is 0. The minimum absolute atomic E-state index is 0.0253. The Bertz CT molecular complexity index is 2240. The maximum absolute atomic E-state index is 17.4. The Labute approximate surface area is 252 Å². The average molecular weight is 574 g/mol. The molecule has 0 spiro atoms. The van der Waals surface area contributed by atoms with Crippen molar-refractivity contribution in [1.82, 2.24) is 9.13 Å². The van der Waals surface area contributed by atoms with Gasteiger partial charge in [0.25, 0.3) is 0 Å². The molecule has 0 aliphatic carbocycles. The maximum atomic E-state index is 17.4. The van der Waals surface area contributed by atoms with Crippen molar-refractivity contribution in [1.29, 1.82) is 5.26 Å². The predicted molar refractivity (Wildman–Crippen MR) is 175 cm³/mol. The topological polar surface area (TPSA) is 33.6 Å². The molecule has 6 aromatic carbocycles. The highest BCUT2D eigenvalue weighted by Crippen LogP contribution is 2.43. The Balaban J connectivity index is 1.64. The lowest BCUT2D eigenvalue weighted by molar-refractivity contribution is 0.581. The average Bonchev–Trinajstić information content (AvgIpc) is 3.54. The number of hydrogen-bond acceptors (Lipinski definition) is 1. The van der Waals surface area contributed by atoms with Crippen molar-refractivity contribution >= 4 is 43.6 Å². The van der Waals surface area contributed by atoms with Crippen molar-refractivity contribution < 1.29 is 8.78 Å². The summed E-state index contributed by atoms with van der Waals surface area (Å²) < 4.78 is 38.3. The van der Waals surface area contributed by atoms with Gasteiger partial charge < -0.3 is 9.13 Å². The third-order valence-corrected chi connectivity index (χ3v) is 8.56. The molecule has 0 amide bonds. The molecule has 0 N–H and O–H groups in total. The summed E-state index contributed by atoms with van der Waals surface area (Å²) in [4.78, 5) is 0. The van der Waals surface area contributed by atoms with Gasteiger partial charge in [-0.2, -0.15) is 5.26 Å². The minimum atomic E-state index is -0.778. The quantitative estimate of drug-likeness (QED) is 0.207. The third-order valence-electron chi connectivity index (χ3n) is 8.56. The maximum Gasteiger partial charge on any atom is 0.159 e. The van der Waals surface area contributed by atoms with Gasteiger partial charge in [0.15, 0.2) is 11.6 Å². The van der Waals surface area contributed by atoms with E-state index in [0.29, 0.717) is 5.56 Å². The lowest BCUT2D eigenvalue weighted by Gasteiger charge is -2.21. The first-order valence-corrected chi connectivity index (χ1v) is 14.5. The van der Waals surface area contributed by atoms with E-state index in [1.54, 1.807) is 21.3 Å². The second-order valence-electron chi connectivity index (χ2n) is 11.3. The summed E-state index contributed by atoms with van der Waals surface area (Å²) in [6, 6.07) is 38.8. The number of nitriles is 1. The van der Waals surface area contributed by atoms with Crippen LogP contribution in [0.15, 0.2) is 115 Å². The van der Waals surface area contributed by atoms with Crippen LogP contribution in [-0.4, -0.2) is 9.13 Å². The van der Waals surface area contributed by atoms with Gasteiger partial charge in [0.1, 0.15) is 23.0 Å². The fraction of sp³-hybridized carbons (Fsp3) is 0.0513. The van der Waals surface area contributed by atoms with Gasteiger partial charge in [-0.15, -0.1) is 0 Å². The van der Waals surface area contributed by atoms with E-state index in [1.165, 1.54) is 0 Å². The lowest BCUT2D eigenvalue weighted by atomic mass is 9.95. The van der Waals surface area contributed by atoms with E-state index in [0.717, 1.165) is 54.7 Å². The van der Waals surface area contributed by atoms with E-state index in [2.05, 4.69) is 6.07 Å². The highest BCUT2D eigenvalue weighted by molar-refractivity contribution is 6.11. The molecule has 2 aromatic heterocycles. The van der Waals surface area contributed by atoms with Crippen molar-refractivity contribution in [2.24, 2.45) is 0 Å². The van der Waals surface area contributed by atoms with Crippen LogP contribution in [0.5, 0.6) is 0 Å². The third kappa shape index (κ3) is 3.58. The number of halogens is 2. The number of rotatable bonds is 3. The first kappa shape index (κ1) is 25.9. The van der Waals surface area contributed by atoms with Crippen LogP contribution in [0.1, 0.15) is 16.7 Å². The molecule has 0 bridgehead atoms. The Morgan fingerprint density at radius 3 is 1.20 bits per heavy atom. The zero-order valence-electron chi connectivity index (χ0n) is 24.1. The summed E-state index contributed by atoms with van der Waals surface area (Å²) in [5.41, 5.74) is 4.94. The van der Waals surface area contributed by atoms with Crippen LogP contribution in [0.2, 0.25) is 0 Å². The molecule has 0 unspecified atom stereocenters. The number of nitrogens with zero attached hydrogens (tertiary/aromatic N) is 3. The first-order valence-electron chi connectivity index (χ1n) is 14.5. The fourth-order valence-corrected chi connectivity index (χ4v) is 6.89. The standard InChI is InChI=1S/C39H25F2N3/c1-23-19-24(2)21-25(20-23)35-36(40)38(43-31-15-7-3-11-26(31)27-12-4-8-16-32(27)43)30(22-42)39(37(35)41)44-33-17-9-5-13-28(33)29-14-6-10-18-34(29)44/h3-21H,1-2H3. The van der Waals surface area contributed by atoms with Gasteiger partial charge in [0.2, 0.25) is 0 Å². The molecule has 0 radical (unpaired) electrons. The Morgan fingerprint density at radius 1 is 0.523 bits per heavy atom.